The van der Waals surface area contributed by atoms with Crippen LogP contribution in [0.2, 0.25) is 0 Å². The molecule has 1 N–H and O–H groups in total. The van der Waals surface area contributed by atoms with Gasteiger partial charge in [0.15, 0.2) is 5.82 Å². The maximum Gasteiger partial charge on any atom is 0.247 e. The predicted octanol–water partition coefficient (Wildman–Crippen LogP) is 2.64. The molecule has 0 aliphatic carbocycles. The molecule has 0 atom stereocenters. The Bertz CT molecular complexity index is 692. The van der Waals surface area contributed by atoms with Crippen LogP contribution in [0.25, 0.3) is 0 Å². The van der Waals surface area contributed by atoms with Crippen molar-refractivity contribution in [3.8, 4) is 0 Å². The second kappa shape index (κ2) is 7.03. The zero-order chi connectivity index (χ0) is 17.1. The topological polar surface area (TPSA) is 57.2 Å². The molecule has 3 rings (SSSR count). The fraction of sp³-hybridized carbons (Fsp3) is 0.500. The lowest BCUT2D eigenvalue weighted by atomic mass is 10.1. The summed E-state index contributed by atoms with van der Waals surface area (Å²) in [6.45, 7) is 12.3. The maximum absolute atomic E-state index is 4.59. The molecule has 1 aliphatic heterocycles. The molecule has 2 aromatic rings. The molecule has 2 heterocycles. The molecule has 1 aromatic carbocycles. The van der Waals surface area contributed by atoms with E-state index in [9.17, 15) is 0 Å². The fourth-order valence-corrected chi connectivity index (χ4v) is 3.02. The van der Waals surface area contributed by atoms with Crippen LogP contribution in [-0.2, 0) is 0 Å². The second-order valence-electron chi connectivity index (χ2n) is 6.63. The monoisotopic (exact) mass is 326 g/mol. The van der Waals surface area contributed by atoms with E-state index in [1.165, 1.54) is 16.8 Å². The Morgan fingerprint density at radius 2 is 1.75 bits per heavy atom. The van der Waals surface area contributed by atoms with Gasteiger partial charge in [0.2, 0.25) is 5.95 Å². The van der Waals surface area contributed by atoms with Crippen molar-refractivity contribution >= 4 is 17.5 Å². The van der Waals surface area contributed by atoms with Gasteiger partial charge in [-0.1, -0.05) is 12.1 Å². The summed E-state index contributed by atoms with van der Waals surface area (Å²) in [6.07, 6.45) is 1.68. The zero-order valence-electron chi connectivity index (χ0n) is 15.0. The predicted molar refractivity (Wildman–Crippen MR) is 98.9 cm³/mol. The van der Waals surface area contributed by atoms with Gasteiger partial charge in [-0.05, 0) is 44.9 Å². The van der Waals surface area contributed by atoms with Crippen molar-refractivity contribution in [1.82, 2.24) is 15.2 Å². The number of anilines is 3. The highest BCUT2D eigenvalue weighted by atomic mass is 15.4. The van der Waals surface area contributed by atoms with Crippen LogP contribution >= 0.6 is 0 Å². The van der Waals surface area contributed by atoms with Crippen molar-refractivity contribution < 1.29 is 0 Å². The minimum absolute atomic E-state index is 0.329. The van der Waals surface area contributed by atoms with Gasteiger partial charge in [0.05, 0.1) is 6.20 Å². The molecule has 0 saturated carbocycles. The zero-order valence-corrected chi connectivity index (χ0v) is 15.0. The molecule has 0 spiro atoms. The van der Waals surface area contributed by atoms with Gasteiger partial charge in [0.1, 0.15) is 0 Å². The van der Waals surface area contributed by atoms with Crippen LogP contribution in [0.1, 0.15) is 25.0 Å². The summed E-state index contributed by atoms with van der Waals surface area (Å²) in [4.78, 5) is 9.24. The van der Waals surface area contributed by atoms with Gasteiger partial charge in [-0.3, -0.25) is 0 Å². The first kappa shape index (κ1) is 16.5. The number of aromatic nitrogens is 3. The van der Waals surface area contributed by atoms with Gasteiger partial charge in [-0.2, -0.15) is 10.1 Å². The van der Waals surface area contributed by atoms with E-state index in [4.69, 9.17) is 0 Å². The number of aryl methyl sites for hydroxylation is 1. The van der Waals surface area contributed by atoms with E-state index in [1.54, 1.807) is 6.20 Å². The number of hydrogen-bond donors (Lipinski definition) is 1. The summed E-state index contributed by atoms with van der Waals surface area (Å²) >= 11 is 0. The van der Waals surface area contributed by atoms with Crippen LogP contribution in [-0.4, -0.2) is 47.4 Å². The number of nitrogens with zero attached hydrogens (tertiary/aromatic N) is 5. The summed E-state index contributed by atoms with van der Waals surface area (Å²) in [7, 11) is 0. The van der Waals surface area contributed by atoms with Gasteiger partial charge in [-0.25, -0.2) is 0 Å². The Labute approximate surface area is 143 Å². The number of nitrogens with one attached hydrogen (secondary N) is 1. The summed E-state index contributed by atoms with van der Waals surface area (Å²) in [5, 5.41) is 11.6. The molecule has 0 amide bonds. The third-order valence-corrected chi connectivity index (χ3v) is 4.46. The van der Waals surface area contributed by atoms with Crippen molar-refractivity contribution in [3.05, 3.63) is 35.5 Å². The van der Waals surface area contributed by atoms with E-state index in [0.29, 0.717) is 12.0 Å². The van der Waals surface area contributed by atoms with Gasteiger partial charge >= 0.3 is 0 Å². The highest BCUT2D eigenvalue weighted by Gasteiger charge is 2.21. The lowest BCUT2D eigenvalue weighted by molar-refractivity contribution is 0.633. The van der Waals surface area contributed by atoms with Crippen LogP contribution in [0, 0.1) is 13.8 Å². The molecule has 128 valence electrons. The van der Waals surface area contributed by atoms with Crippen molar-refractivity contribution in [2.45, 2.75) is 33.7 Å². The number of rotatable bonds is 4. The molecule has 0 unspecified atom stereocenters. The minimum atomic E-state index is 0.329. The fourth-order valence-electron chi connectivity index (χ4n) is 3.02. The number of benzene rings is 1. The van der Waals surface area contributed by atoms with Gasteiger partial charge in [-0.15, -0.1) is 5.10 Å². The Balaban J connectivity index is 1.68. The highest BCUT2D eigenvalue weighted by molar-refractivity contribution is 5.57. The lowest BCUT2D eigenvalue weighted by Crippen LogP contribution is -2.47. The van der Waals surface area contributed by atoms with Crippen LogP contribution in [0.3, 0.4) is 0 Å². The van der Waals surface area contributed by atoms with Gasteiger partial charge < -0.3 is 15.1 Å². The molecule has 6 nitrogen and oxygen atoms in total. The smallest absolute Gasteiger partial charge is 0.247 e. The van der Waals surface area contributed by atoms with Crippen molar-refractivity contribution in [2.75, 3.05) is 41.3 Å². The first-order chi connectivity index (χ1) is 11.5. The van der Waals surface area contributed by atoms with E-state index in [-0.39, 0.29) is 0 Å². The SMILES string of the molecule is Cc1cccc(N2CCN(c3nncc(NC(C)C)n3)CC2)c1C. The lowest BCUT2D eigenvalue weighted by Gasteiger charge is -2.36. The Hall–Kier alpha value is -2.37. The molecule has 1 aliphatic rings. The number of piperazine rings is 1. The first-order valence-electron chi connectivity index (χ1n) is 8.57. The summed E-state index contributed by atoms with van der Waals surface area (Å²) in [6, 6.07) is 6.85. The minimum Gasteiger partial charge on any atom is -0.368 e. The van der Waals surface area contributed by atoms with E-state index < -0.39 is 0 Å². The molecule has 0 radical (unpaired) electrons. The number of hydrogen-bond acceptors (Lipinski definition) is 6. The Morgan fingerprint density at radius 3 is 2.46 bits per heavy atom. The average molecular weight is 326 g/mol. The summed E-state index contributed by atoms with van der Waals surface area (Å²) in [5.74, 6) is 1.49. The standard InChI is InChI=1S/C18H26N6/c1-13(2)20-17-12-19-22-18(21-17)24-10-8-23(9-11-24)16-7-5-6-14(3)15(16)4/h5-7,12-13H,8-11H2,1-4H3,(H,20,21,22). The van der Waals surface area contributed by atoms with Gasteiger partial charge in [0.25, 0.3) is 0 Å². The maximum atomic E-state index is 4.59. The molecule has 1 aromatic heterocycles. The Morgan fingerprint density at radius 1 is 1.04 bits per heavy atom. The molecule has 6 heteroatoms. The van der Waals surface area contributed by atoms with Gasteiger partial charge in [0, 0.05) is 37.9 Å². The van der Waals surface area contributed by atoms with Crippen LogP contribution in [0.5, 0.6) is 0 Å². The van der Waals surface area contributed by atoms with Crippen molar-refractivity contribution in [2.24, 2.45) is 0 Å². The largest absolute Gasteiger partial charge is 0.368 e. The molecular formula is C18H26N6. The van der Waals surface area contributed by atoms with Crippen molar-refractivity contribution in [1.29, 1.82) is 0 Å². The van der Waals surface area contributed by atoms with E-state index >= 15 is 0 Å². The molecule has 0 bridgehead atoms. The van der Waals surface area contributed by atoms with Crippen LogP contribution in [0.15, 0.2) is 24.4 Å². The van der Waals surface area contributed by atoms with E-state index in [0.717, 1.165) is 32.0 Å². The molecule has 1 fully saturated rings. The Kier molecular flexibility index (Phi) is 4.83. The molecular weight excluding hydrogens is 300 g/mol. The van der Waals surface area contributed by atoms with E-state index in [2.05, 4.69) is 76.2 Å². The van der Waals surface area contributed by atoms with Crippen LogP contribution < -0.4 is 15.1 Å². The van der Waals surface area contributed by atoms with E-state index in [1.807, 2.05) is 0 Å². The first-order valence-corrected chi connectivity index (χ1v) is 8.57. The third-order valence-electron chi connectivity index (χ3n) is 4.46. The molecule has 1 saturated heterocycles. The third kappa shape index (κ3) is 3.58. The summed E-state index contributed by atoms with van der Waals surface area (Å²) < 4.78 is 0. The quantitative estimate of drug-likeness (QED) is 0.932. The second-order valence-corrected chi connectivity index (χ2v) is 6.63. The normalized spacial score (nSPS) is 15.0. The molecule has 24 heavy (non-hydrogen) atoms. The van der Waals surface area contributed by atoms with Crippen LogP contribution in [0.4, 0.5) is 17.5 Å². The summed E-state index contributed by atoms with van der Waals surface area (Å²) in [5.41, 5.74) is 4.05. The average Bonchev–Trinajstić information content (AvgIpc) is 2.57. The highest BCUT2D eigenvalue weighted by Crippen LogP contribution is 2.24. The van der Waals surface area contributed by atoms with Crippen molar-refractivity contribution in [3.63, 3.8) is 0 Å².